The van der Waals surface area contributed by atoms with Crippen molar-refractivity contribution < 1.29 is 18.0 Å². The zero-order valence-electron chi connectivity index (χ0n) is 16.7. The molecule has 1 unspecified atom stereocenters. The van der Waals surface area contributed by atoms with Crippen molar-refractivity contribution in [2.75, 3.05) is 30.0 Å². The van der Waals surface area contributed by atoms with E-state index in [1.807, 2.05) is 6.92 Å². The smallest absolute Gasteiger partial charge is 0.285 e. The molecule has 0 radical (unpaired) electrons. The van der Waals surface area contributed by atoms with E-state index in [2.05, 4.69) is 5.32 Å². The van der Waals surface area contributed by atoms with Gasteiger partial charge < -0.3 is 10.2 Å². The molecule has 0 bridgehead atoms. The first-order chi connectivity index (χ1) is 13.6. The molecular formula is C20H23N3O4S2. The van der Waals surface area contributed by atoms with Crippen LogP contribution in [0.3, 0.4) is 0 Å². The van der Waals surface area contributed by atoms with Crippen molar-refractivity contribution in [3.8, 4) is 0 Å². The van der Waals surface area contributed by atoms with Crippen molar-refractivity contribution in [1.29, 1.82) is 0 Å². The molecule has 9 heteroatoms. The van der Waals surface area contributed by atoms with E-state index in [1.165, 1.54) is 15.5 Å². The molecule has 29 heavy (non-hydrogen) atoms. The molecule has 1 heterocycles. The number of hydrogen-bond acceptors (Lipinski definition) is 5. The van der Waals surface area contributed by atoms with Gasteiger partial charge in [0.05, 0.1) is 11.9 Å². The average molecular weight is 434 g/mol. The van der Waals surface area contributed by atoms with E-state index in [0.717, 1.165) is 22.2 Å². The molecule has 1 aliphatic rings. The van der Waals surface area contributed by atoms with Crippen LogP contribution in [0.25, 0.3) is 0 Å². The number of nitrogens with zero attached hydrogens (tertiary/aromatic N) is 2. The third-order valence-electron chi connectivity index (χ3n) is 4.53. The van der Waals surface area contributed by atoms with Gasteiger partial charge in [0, 0.05) is 36.3 Å². The molecule has 7 nitrogen and oxygen atoms in total. The summed E-state index contributed by atoms with van der Waals surface area (Å²) in [6, 6.07) is 11.9. The SMILES string of the molecule is CC1Cc2cc(C(=O)Nc3ccc(SC(=O)N(C)C)cc3)ccc2N1S(C)(=O)=O. The zero-order chi connectivity index (χ0) is 21.3. The Hall–Kier alpha value is -2.52. The first-order valence-electron chi connectivity index (χ1n) is 8.99. The summed E-state index contributed by atoms with van der Waals surface area (Å²) in [6.45, 7) is 1.85. The number of thioether (sulfide) groups is 1. The summed E-state index contributed by atoms with van der Waals surface area (Å²) in [5.74, 6) is -0.275. The molecule has 1 atom stereocenters. The van der Waals surface area contributed by atoms with E-state index in [1.54, 1.807) is 56.6 Å². The molecular weight excluding hydrogens is 410 g/mol. The highest BCUT2D eigenvalue weighted by Crippen LogP contribution is 2.34. The van der Waals surface area contributed by atoms with Crippen LogP contribution in [-0.4, -0.2) is 50.9 Å². The summed E-state index contributed by atoms with van der Waals surface area (Å²) in [5.41, 5.74) is 2.55. The lowest BCUT2D eigenvalue weighted by molar-refractivity contribution is 0.102. The highest BCUT2D eigenvalue weighted by Gasteiger charge is 2.32. The van der Waals surface area contributed by atoms with Crippen LogP contribution in [-0.2, 0) is 16.4 Å². The summed E-state index contributed by atoms with van der Waals surface area (Å²) in [5, 5.41) is 2.76. The first-order valence-corrected chi connectivity index (χ1v) is 11.7. The van der Waals surface area contributed by atoms with Crippen molar-refractivity contribution in [3.05, 3.63) is 53.6 Å². The van der Waals surface area contributed by atoms with E-state index in [0.29, 0.717) is 23.4 Å². The lowest BCUT2D eigenvalue weighted by atomic mass is 10.1. The average Bonchev–Trinajstić information content (AvgIpc) is 2.98. The highest BCUT2D eigenvalue weighted by atomic mass is 32.2. The van der Waals surface area contributed by atoms with E-state index < -0.39 is 10.0 Å². The van der Waals surface area contributed by atoms with Gasteiger partial charge in [-0.05, 0) is 73.1 Å². The van der Waals surface area contributed by atoms with E-state index >= 15 is 0 Å². The third-order valence-corrected chi connectivity index (χ3v) is 6.85. The zero-order valence-corrected chi connectivity index (χ0v) is 18.3. The molecule has 2 aromatic carbocycles. The second-order valence-corrected chi connectivity index (χ2v) is 10.1. The summed E-state index contributed by atoms with van der Waals surface area (Å²) >= 11 is 1.11. The van der Waals surface area contributed by atoms with Gasteiger partial charge >= 0.3 is 0 Å². The third kappa shape index (κ3) is 4.73. The molecule has 0 saturated carbocycles. The Morgan fingerprint density at radius 3 is 2.38 bits per heavy atom. The number of anilines is 2. The van der Waals surface area contributed by atoms with Crippen molar-refractivity contribution in [3.63, 3.8) is 0 Å². The van der Waals surface area contributed by atoms with Gasteiger partial charge in [0.2, 0.25) is 10.0 Å². The van der Waals surface area contributed by atoms with Crippen molar-refractivity contribution in [1.82, 2.24) is 4.90 Å². The Labute approximate surface area is 175 Å². The Morgan fingerprint density at radius 2 is 1.79 bits per heavy atom. The topological polar surface area (TPSA) is 86.8 Å². The quantitative estimate of drug-likeness (QED) is 0.747. The Morgan fingerprint density at radius 1 is 1.14 bits per heavy atom. The van der Waals surface area contributed by atoms with E-state index in [9.17, 15) is 18.0 Å². The number of fused-ring (bicyclic) bond motifs is 1. The van der Waals surface area contributed by atoms with Crippen molar-refractivity contribution >= 4 is 44.3 Å². The Bertz CT molecular complexity index is 1050. The molecule has 1 aliphatic heterocycles. The molecule has 3 rings (SSSR count). The highest BCUT2D eigenvalue weighted by molar-refractivity contribution is 8.13. The van der Waals surface area contributed by atoms with Gasteiger partial charge in [0.25, 0.3) is 11.1 Å². The van der Waals surface area contributed by atoms with Crippen LogP contribution in [0.4, 0.5) is 16.2 Å². The second-order valence-electron chi connectivity index (χ2n) is 7.20. The van der Waals surface area contributed by atoms with Crippen LogP contribution >= 0.6 is 11.8 Å². The normalized spacial score (nSPS) is 15.7. The van der Waals surface area contributed by atoms with Gasteiger partial charge in [0.1, 0.15) is 0 Å². The maximum atomic E-state index is 12.6. The number of amides is 2. The maximum Gasteiger partial charge on any atom is 0.285 e. The summed E-state index contributed by atoms with van der Waals surface area (Å²) in [7, 11) is 0.0206. The summed E-state index contributed by atoms with van der Waals surface area (Å²) in [6.07, 6.45) is 1.75. The van der Waals surface area contributed by atoms with Gasteiger partial charge in [0.15, 0.2) is 0 Å². The van der Waals surface area contributed by atoms with Crippen molar-refractivity contribution in [2.24, 2.45) is 0 Å². The number of carbonyl (C=O) groups excluding carboxylic acids is 2. The minimum Gasteiger partial charge on any atom is -0.339 e. The van der Waals surface area contributed by atoms with Crippen LogP contribution in [0.2, 0.25) is 0 Å². The minimum atomic E-state index is -3.36. The Kier molecular flexibility index (Phi) is 5.90. The predicted molar refractivity (Wildman–Crippen MR) is 116 cm³/mol. The van der Waals surface area contributed by atoms with Gasteiger partial charge in [-0.1, -0.05) is 0 Å². The standard InChI is InChI=1S/C20H23N3O4S2/c1-13-11-15-12-14(5-10-18(15)23(13)29(4,26)27)19(24)21-16-6-8-17(9-7-16)28-20(25)22(2)3/h5-10,12-13H,11H2,1-4H3,(H,21,24). The summed E-state index contributed by atoms with van der Waals surface area (Å²) < 4.78 is 25.4. The molecule has 2 aromatic rings. The first kappa shape index (κ1) is 21.2. The van der Waals surface area contributed by atoms with Crippen LogP contribution in [0, 0.1) is 0 Å². The largest absolute Gasteiger partial charge is 0.339 e. The predicted octanol–water partition coefficient (Wildman–Crippen LogP) is 3.42. The fourth-order valence-electron chi connectivity index (χ4n) is 3.25. The van der Waals surface area contributed by atoms with Gasteiger partial charge in [-0.15, -0.1) is 0 Å². The van der Waals surface area contributed by atoms with Crippen LogP contribution < -0.4 is 9.62 Å². The van der Waals surface area contributed by atoms with Crippen LogP contribution in [0.15, 0.2) is 47.4 Å². The maximum absolute atomic E-state index is 12.6. The molecule has 1 N–H and O–H groups in total. The monoisotopic (exact) mass is 433 g/mol. The second kappa shape index (κ2) is 8.08. The number of rotatable bonds is 4. The molecule has 0 spiro atoms. The molecule has 2 amide bonds. The lowest BCUT2D eigenvalue weighted by Crippen LogP contribution is -2.34. The summed E-state index contributed by atoms with van der Waals surface area (Å²) in [4.78, 5) is 26.6. The van der Waals surface area contributed by atoms with Crippen LogP contribution in [0.1, 0.15) is 22.8 Å². The molecule has 154 valence electrons. The van der Waals surface area contributed by atoms with Gasteiger partial charge in [-0.3, -0.25) is 13.9 Å². The van der Waals surface area contributed by atoms with E-state index in [4.69, 9.17) is 0 Å². The fraction of sp³-hybridized carbons (Fsp3) is 0.300. The fourth-order valence-corrected chi connectivity index (χ4v) is 5.17. The molecule has 0 fully saturated rings. The number of nitrogens with one attached hydrogen (secondary N) is 1. The number of carbonyl (C=O) groups is 2. The number of benzene rings is 2. The Balaban J connectivity index is 1.72. The van der Waals surface area contributed by atoms with Crippen molar-refractivity contribution in [2.45, 2.75) is 24.3 Å². The molecule has 0 aliphatic carbocycles. The number of sulfonamides is 1. The van der Waals surface area contributed by atoms with Gasteiger partial charge in [-0.25, -0.2) is 8.42 Å². The molecule has 0 saturated heterocycles. The van der Waals surface area contributed by atoms with Crippen LogP contribution in [0.5, 0.6) is 0 Å². The minimum absolute atomic E-state index is 0.0720. The molecule has 0 aromatic heterocycles. The lowest BCUT2D eigenvalue weighted by Gasteiger charge is -2.21. The van der Waals surface area contributed by atoms with E-state index in [-0.39, 0.29) is 17.2 Å². The van der Waals surface area contributed by atoms with Gasteiger partial charge in [-0.2, -0.15) is 0 Å². The number of hydrogen-bond donors (Lipinski definition) is 1.